The topological polar surface area (TPSA) is 84.1 Å². The van der Waals surface area contributed by atoms with E-state index < -0.39 is 17.9 Å². The highest BCUT2D eigenvalue weighted by atomic mass is 35.5. The van der Waals surface area contributed by atoms with Gasteiger partial charge in [-0.15, -0.1) is 11.3 Å². The van der Waals surface area contributed by atoms with Crippen molar-refractivity contribution in [1.29, 1.82) is 0 Å². The third-order valence-electron chi connectivity index (χ3n) is 4.72. The van der Waals surface area contributed by atoms with Crippen molar-refractivity contribution in [2.75, 3.05) is 7.11 Å². The van der Waals surface area contributed by atoms with Crippen LogP contribution in [0.2, 0.25) is 5.02 Å². The Kier molecular flexibility index (Phi) is 5.83. The zero-order valence-electron chi connectivity index (χ0n) is 16.0. The van der Waals surface area contributed by atoms with Crippen LogP contribution in [-0.2, 0) is 16.0 Å². The van der Waals surface area contributed by atoms with E-state index in [1.165, 1.54) is 18.4 Å². The predicted octanol–water partition coefficient (Wildman–Crippen LogP) is 4.46. The Morgan fingerprint density at radius 1 is 1.20 bits per heavy atom. The number of para-hydroxylation sites is 1. The van der Waals surface area contributed by atoms with Gasteiger partial charge in [-0.1, -0.05) is 41.9 Å². The number of nitrogens with zero attached hydrogens (tertiary/aromatic N) is 1. The van der Waals surface area contributed by atoms with E-state index in [0.29, 0.717) is 16.5 Å². The average molecular weight is 440 g/mol. The second-order valence-electron chi connectivity index (χ2n) is 6.66. The summed E-state index contributed by atoms with van der Waals surface area (Å²) >= 11 is 7.27. The van der Waals surface area contributed by atoms with Crippen LogP contribution in [0.25, 0.3) is 21.5 Å². The van der Waals surface area contributed by atoms with Gasteiger partial charge in [-0.05, 0) is 23.8 Å². The minimum absolute atomic E-state index is 0.248. The highest BCUT2D eigenvalue weighted by molar-refractivity contribution is 7.13. The lowest BCUT2D eigenvalue weighted by Gasteiger charge is -2.15. The van der Waals surface area contributed by atoms with Crippen LogP contribution in [0.5, 0.6) is 0 Å². The number of thiazole rings is 1. The van der Waals surface area contributed by atoms with E-state index in [4.69, 9.17) is 16.3 Å². The highest BCUT2D eigenvalue weighted by Crippen LogP contribution is 2.25. The summed E-state index contributed by atoms with van der Waals surface area (Å²) in [5, 5.41) is 6.75. The molecule has 1 unspecified atom stereocenters. The first-order valence-electron chi connectivity index (χ1n) is 9.20. The molecule has 2 aromatic carbocycles. The number of carbonyl (C=O) groups excluding carboxylic acids is 2. The molecule has 152 valence electrons. The molecule has 2 heterocycles. The van der Waals surface area contributed by atoms with Crippen molar-refractivity contribution < 1.29 is 14.3 Å². The minimum Gasteiger partial charge on any atom is -0.467 e. The van der Waals surface area contributed by atoms with Gasteiger partial charge >= 0.3 is 5.97 Å². The summed E-state index contributed by atoms with van der Waals surface area (Å²) in [5.74, 6) is -0.941. The molecular formula is C22H18ClN3O3S. The summed E-state index contributed by atoms with van der Waals surface area (Å²) < 4.78 is 4.90. The molecule has 1 amide bonds. The fourth-order valence-electron chi connectivity index (χ4n) is 3.19. The zero-order chi connectivity index (χ0) is 21.1. The third-order valence-corrected chi connectivity index (χ3v) is 5.86. The molecular weight excluding hydrogens is 422 g/mol. The van der Waals surface area contributed by atoms with Crippen molar-refractivity contribution in [2.24, 2.45) is 0 Å². The van der Waals surface area contributed by atoms with Crippen molar-refractivity contribution in [1.82, 2.24) is 15.3 Å². The number of carbonyl (C=O) groups is 2. The van der Waals surface area contributed by atoms with Gasteiger partial charge in [-0.2, -0.15) is 0 Å². The first-order chi connectivity index (χ1) is 14.5. The van der Waals surface area contributed by atoms with E-state index >= 15 is 0 Å². The number of aromatic nitrogens is 2. The van der Waals surface area contributed by atoms with Crippen LogP contribution in [0, 0.1) is 0 Å². The summed E-state index contributed by atoms with van der Waals surface area (Å²) in [6, 6.07) is 14.2. The Morgan fingerprint density at radius 2 is 1.97 bits per heavy atom. The molecule has 1 atom stereocenters. The van der Waals surface area contributed by atoms with Crippen LogP contribution in [-0.4, -0.2) is 35.0 Å². The molecule has 0 saturated carbocycles. The number of fused-ring (bicyclic) bond motifs is 1. The molecule has 4 aromatic rings. The van der Waals surface area contributed by atoms with Crippen LogP contribution < -0.4 is 5.32 Å². The third kappa shape index (κ3) is 4.22. The molecule has 2 aromatic heterocycles. The van der Waals surface area contributed by atoms with Crippen LogP contribution >= 0.6 is 22.9 Å². The summed E-state index contributed by atoms with van der Waals surface area (Å²) in [4.78, 5) is 32.7. The number of amides is 1. The molecule has 0 radical (unpaired) electrons. The maximum Gasteiger partial charge on any atom is 0.328 e. The summed E-state index contributed by atoms with van der Waals surface area (Å²) in [6.45, 7) is 0. The SMILES string of the molecule is COC(=O)C(Cc1c[nH]c2ccccc12)NC(=O)c1csc(-c2ccc(Cl)cc2)n1. The van der Waals surface area contributed by atoms with Crippen molar-refractivity contribution in [3.8, 4) is 10.6 Å². The van der Waals surface area contributed by atoms with Crippen LogP contribution in [0.15, 0.2) is 60.1 Å². The lowest BCUT2D eigenvalue weighted by molar-refractivity contribution is -0.142. The van der Waals surface area contributed by atoms with E-state index in [1.807, 2.05) is 42.6 Å². The van der Waals surface area contributed by atoms with Gasteiger partial charge in [0.1, 0.15) is 16.7 Å². The summed E-state index contributed by atoms with van der Waals surface area (Å²) in [6.07, 6.45) is 2.14. The van der Waals surface area contributed by atoms with Crippen molar-refractivity contribution in [3.05, 3.63) is 76.4 Å². The molecule has 2 N–H and O–H groups in total. The molecule has 6 nitrogen and oxygen atoms in total. The standard InChI is InChI=1S/C22H18ClN3O3S/c1-29-22(28)18(10-14-11-24-17-5-3-2-4-16(14)17)25-20(27)19-12-30-21(26-19)13-6-8-15(23)9-7-13/h2-9,11-12,18,24H,10H2,1H3,(H,25,27). The quantitative estimate of drug-likeness (QED) is 0.434. The van der Waals surface area contributed by atoms with Gasteiger partial charge in [0.25, 0.3) is 5.91 Å². The number of nitrogens with one attached hydrogen (secondary N) is 2. The zero-order valence-corrected chi connectivity index (χ0v) is 17.6. The smallest absolute Gasteiger partial charge is 0.328 e. The van der Waals surface area contributed by atoms with Gasteiger partial charge in [0.15, 0.2) is 0 Å². The largest absolute Gasteiger partial charge is 0.467 e. The minimum atomic E-state index is -0.831. The number of methoxy groups -OCH3 is 1. The van der Waals surface area contributed by atoms with E-state index in [-0.39, 0.29) is 5.69 Å². The first-order valence-corrected chi connectivity index (χ1v) is 10.5. The molecule has 0 spiro atoms. The molecule has 0 fully saturated rings. The normalized spacial score (nSPS) is 11.9. The van der Waals surface area contributed by atoms with Crippen molar-refractivity contribution in [2.45, 2.75) is 12.5 Å². The molecule has 0 aliphatic rings. The predicted molar refractivity (Wildman–Crippen MR) is 118 cm³/mol. The average Bonchev–Trinajstić information content (AvgIpc) is 3.41. The second kappa shape index (κ2) is 8.69. The maximum atomic E-state index is 12.8. The Morgan fingerprint density at radius 3 is 2.73 bits per heavy atom. The van der Waals surface area contributed by atoms with Gasteiger partial charge in [0.05, 0.1) is 7.11 Å². The molecule has 0 aliphatic heterocycles. The number of H-pyrrole nitrogens is 1. The van der Waals surface area contributed by atoms with Gasteiger partial charge in [0, 0.05) is 39.5 Å². The molecule has 0 aliphatic carbocycles. The Balaban J connectivity index is 1.53. The lowest BCUT2D eigenvalue weighted by atomic mass is 10.0. The molecule has 0 bridgehead atoms. The second-order valence-corrected chi connectivity index (χ2v) is 7.95. The molecule has 0 saturated heterocycles. The number of ether oxygens (including phenoxy) is 1. The van der Waals surface area contributed by atoms with E-state index in [1.54, 1.807) is 17.5 Å². The number of aromatic amines is 1. The van der Waals surface area contributed by atoms with E-state index in [2.05, 4.69) is 15.3 Å². The Hall–Kier alpha value is -3.16. The number of esters is 1. The number of hydrogen-bond donors (Lipinski definition) is 2. The maximum absolute atomic E-state index is 12.8. The molecule has 30 heavy (non-hydrogen) atoms. The van der Waals surface area contributed by atoms with Crippen LogP contribution in [0.4, 0.5) is 0 Å². The van der Waals surface area contributed by atoms with E-state index in [0.717, 1.165) is 22.0 Å². The van der Waals surface area contributed by atoms with Crippen molar-refractivity contribution in [3.63, 3.8) is 0 Å². The monoisotopic (exact) mass is 439 g/mol. The fourth-order valence-corrected chi connectivity index (χ4v) is 4.12. The number of halogens is 1. The fraction of sp³-hybridized carbons (Fsp3) is 0.136. The van der Waals surface area contributed by atoms with Crippen LogP contribution in [0.3, 0.4) is 0 Å². The first kappa shape index (κ1) is 20.1. The molecule has 4 rings (SSSR count). The number of benzene rings is 2. The summed E-state index contributed by atoms with van der Waals surface area (Å²) in [7, 11) is 1.30. The Bertz CT molecular complexity index is 1200. The van der Waals surface area contributed by atoms with Gasteiger partial charge in [-0.3, -0.25) is 4.79 Å². The van der Waals surface area contributed by atoms with Gasteiger partial charge in [0.2, 0.25) is 0 Å². The lowest BCUT2D eigenvalue weighted by Crippen LogP contribution is -2.43. The van der Waals surface area contributed by atoms with E-state index in [9.17, 15) is 9.59 Å². The summed E-state index contributed by atoms with van der Waals surface area (Å²) in [5.41, 5.74) is 3.00. The van der Waals surface area contributed by atoms with Gasteiger partial charge in [-0.25, -0.2) is 9.78 Å². The van der Waals surface area contributed by atoms with Gasteiger partial charge < -0.3 is 15.0 Å². The van der Waals surface area contributed by atoms with Crippen LogP contribution in [0.1, 0.15) is 16.1 Å². The Labute approximate surface area is 181 Å². The number of hydrogen-bond acceptors (Lipinski definition) is 5. The molecule has 8 heteroatoms. The highest BCUT2D eigenvalue weighted by Gasteiger charge is 2.25. The number of rotatable bonds is 6. The van der Waals surface area contributed by atoms with Crippen molar-refractivity contribution >= 4 is 45.7 Å².